The number of hydrogen-bond donors (Lipinski definition) is 2. The fourth-order valence-corrected chi connectivity index (χ4v) is 2.56. The lowest BCUT2D eigenvalue weighted by Crippen LogP contribution is -2.25. The number of nitrogens with two attached hydrogens (primary N) is 1. The highest BCUT2D eigenvalue weighted by atomic mass is 32.1. The van der Waals surface area contributed by atoms with Crippen LogP contribution in [0.15, 0.2) is 24.4 Å². The Morgan fingerprint density at radius 3 is 2.68 bits per heavy atom. The third-order valence-corrected chi connectivity index (χ3v) is 4.22. The maximum atomic E-state index is 11.6. The maximum absolute atomic E-state index is 11.6. The van der Waals surface area contributed by atoms with Crippen molar-refractivity contribution in [1.82, 2.24) is 10.3 Å². The molecule has 1 aliphatic rings. The van der Waals surface area contributed by atoms with Gasteiger partial charge in [-0.1, -0.05) is 17.4 Å². The minimum atomic E-state index is -0.0146. The summed E-state index contributed by atoms with van der Waals surface area (Å²) in [6.45, 7) is 5.77. The zero-order chi connectivity index (χ0) is 18.4. The predicted molar refractivity (Wildman–Crippen MR) is 99.3 cm³/mol. The van der Waals surface area contributed by atoms with Gasteiger partial charge < -0.3 is 15.8 Å². The molecular formula is C18H23N3O3S. The number of aldehydes is 1. The normalized spacial score (nSPS) is 13.0. The van der Waals surface area contributed by atoms with E-state index in [1.165, 1.54) is 17.5 Å². The predicted octanol–water partition coefficient (Wildman–Crippen LogP) is 3.21. The molecule has 3 N–H and O–H groups in total. The molecule has 0 unspecified atom stereocenters. The van der Waals surface area contributed by atoms with Crippen molar-refractivity contribution >= 4 is 29.2 Å². The summed E-state index contributed by atoms with van der Waals surface area (Å²) in [7, 11) is 0. The van der Waals surface area contributed by atoms with Gasteiger partial charge in [-0.05, 0) is 51.3 Å². The molecule has 2 aromatic rings. The van der Waals surface area contributed by atoms with Gasteiger partial charge in [0, 0.05) is 17.3 Å². The first-order valence-corrected chi connectivity index (χ1v) is 8.95. The van der Waals surface area contributed by atoms with Crippen LogP contribution in [0, 0.1) is 6.92 Å². The fourth-order valence-electron chi connectivity index (χ4n) is 1.86. The summed E-state index contributed by atoms with van der Waals surface area (Å²) in [4.78, 5) is 26.3. The van der Waals surface area contributed by atoms with E-state index in [4.69, 9.17) is 10.5 Å². The van der Waals surface area contributed by atoms with Crippen LogP contribution in [0.4, 0.5) is 5.69 Å². The molecule has 0 atom stereocenters. The number of anilines is 1. The first-order valence-electron chi connectivity index (χ1n) is 8.13. The van der Waals surface area contributed by atoms with Gasteiger partial charge in [-0.2, -0.15) is 0 Å². The molecule has 7 heteroatoms. The Morgan fingerprint density at radius 1 is 1.44 bits per heavy atom. The number of nitrogens with one attached hydrogen (secondary N) is 1. The number of aryl methyl sites for hydroxylation is 1. The molecule has 1 heterocycles. The number of carbonyl (C=O) groups is 2. The monoisotopic (exact) mass is 361 g/mol. The number of thiazole rings is 1. The van der Waals surface area contributed by atoms with Crippen LogP contribution < -0.4 is 15.8 Å². The second-order valence-electron chi connectivity index (χ2n) is 6.13. The third kappa shape index (κ3) is 6.19. The van der Waals surface area contributed by atoms with Crippen LogP contribution in [-0.4, -0.2) is 29.3 Å². The molecule has 1 saturated carbocycles. The quantitative estimate of drug-likeness (QED) is 0.630. The van der Waals surface area contributed by atoms with Crippen molar-refractivity contribution in [3.05, 3.63) is 40.4 Å². The van der Waals surface area contributed by atoms with Crippen molar-refractivity contribution in [1.29, 1.82) is 0 Å². The number of nitrogens with zero attached hydrogens (tertiary/aromatic N) is 1. The van der Waals surface area contributed by atoms with Gasteiger partial charge in [0.1, 0.15) is 0 Å². The highest BCUT2D eigenvalue weighted by Gasteiger charge is 2.23. The molecule has 134 valence electrons. The standard InChI is InChI=1S/C11H14N2O.C7H9NO2S/c1-7-2-3-8(6-10(7)12)11(14)13-9-4-5-9;1-5(2)10-7-8-3-6(4-9)11-7/h2-3,6,9H,4-5,12H2,1H3,(H,13,14);3-5H,1-2H3. The number of carbonyl (C=O) groups excluding carboxylic acids is 2. The third-order valence-electron chi connectivity index (χ3n) is 3.41. The Kier molecular flexibility index (Phi) is 6.52. The number of nitrogen functional groups attached to an aromatic ring is 1. The molecule has 25 heavy (non-hydrogen) atoms. The summed E-state index contributed by atoms with van der Waals surface area (Å²) in [6.07, 6.45) is 4.60. The Hall–Kier alpha value is -2.41. The van der Waals surface area contributed by atoms with E-state index in [9.17, 15) is 9.59 Å². The zero-order valence-electron chi connectivity index (χ0n) is 14.6. The fraction of sp³-hybridized carbons (Fsp3) is 0.389. The molecule has 0 radical (unpaired) electrons. The molecule has 0 spiro atoms. The number of amides is 1. The van der Waals surface area contributed by atoms with E-state index < -0.39 is 0 Å². The summed E-state index contributed by atoms with van der Waals surface area (Å²) in [5.74, 6) is -0.0146. The molecule has 6 nitrogen and oxygen atoms in total. The molecule has 3 rings (SSSR count). The van der Waals surface area contributed by atoms with Crippen molar-refractivity contribution in [2.45, 2.75) is 45.8 Å². The van der Waals surface area contributed by atoms with Gasteiger partial charge >= 0.3 is 0 Å². The summed E-state index contributed by atoms with van der Waals surface area (Å²) in [5, 5.41) is 3.48. The smallest absolute Gasteiger partial charge is 0.274 e. The Balaban J connectivity index is 0.000000186. The lowest BCUT2D eigenvalue weighted by molar-refractivity contribution is 0.0950. The van der Waals surface area contributed by atoms with Crippen LogP contribution >= 0.6 is 11.3 Å². The molecule has 0 saturated heterocycles. The topological polar surface area (TPSA) is 94.3 Å². The van der Waals surface area contributed by atoms with Crippen LogP contribution in [0.2, 0.25) is 0 Å². The van der Waals surface area contributed by atoms with Crippen LogP contribution in [-0.2, 0) is 0 Å². The minimum absolute atomic E-state index is 0.0146. The van der Waals surface area contributed by atoms with Crippen LogP contribution in [0.5, 0.6) is 5.19 Å². The number of hydrogen-bond acceptors (Lipinski definition) is 6. The van der Waals surface area contributed by atoms with Crippen molar-refractivity contribution in [2.24, 2.45) is 0 Å². The summed E-state index contributed by atoms with van der Waals surface area (Å²) >= 11 is 1.26. The molecular weight excluding hydrogens is 338 g/mol. The average Bonchev–Trinajstić information content (AvgIpc) is 3.26. The van der Waals surface area contributed by atoms with E-state index in [0.29, 0.717) is 27.4 Å². The van der Waals surface area contributed by atoms with Gasteiger partial charge in [0.2, 0.25) is 0 Å². The van der Waals surface area contributed by atoms with E-state index in [1.54, 1.807) is 6.07 Å². The number of benzene rings is 1. The number of rotatable bonds is 5. The maximum Gasteiger partial charge on any atom is 0.274 e. The van der Waals surface area contributed by atoms with Crippen molar-refractivity contribution in [2.75, 3.05) is 5.73 Å². The first-order chi connectivity index (χ1) is 11.9. The second-order valence-corrected chi connectivity index (χ2v) is 7.16. The molecule has 1 aliphatic carbocycles. The van der Waals surface area contributed by atoms with Gasteiger partial charge in [-0.3, -0.25) is 9.59 Å². The summed E-state index contributed by atoms with van der Waals surface area (Å²) in [5.41, 5.74) is 8.06. The Morgan fingerprint density at radius 2 is 2.16 bits per heavy atom. The molecule has 1 fully saturated rings. The molecule has 0 bridgehead atoms. The molecule has 1 aromatic heterocycles. The molecule has 0 aliphatic heterocycles. The van der Waals surface area contributed by atoms with Crippen LogP contribution in [0.25, 0.3) is 0 Å². The summed E-state index contributed by atoms with van der Waals surface area (Å²) in [6, 6.07) is 5.80. The molecule has 1 aromatic carbocycles. The SMILES string of the molecule is CC(C)Oc1ncc(C=O)s1.Cc1ccc(C(=O)NC2CC2)cc1N. The summed E-state index contributed by atoms with van der Waals surface area (Å²) < 4.78 is 5.25. The Bertz CT molecular complexity index is 739. The number of ether oxygens (including phenoxy) is 1. The number of aromatic nitrogens is 1. The molecule has 1 amide bonds. The highest BCUT2D eigenvalue weighted by molar-refractivity contribution is 7.15. The van der Waals surface area contributed by atoms with E-state index in [1.807, 2.05) is 32.9 Å². The van der Waals surface area contributed by atoms with Crippen LogP contribution in [0.3, 0.4) is 0 Å². The second kappa shape index (κ2) is 8.62. The van der Waals surface area contributed by atoms with Gasteiger partial charge in [-0.25, -0.2) is 4.98 Å². The van der Waals surface area contributed by atoms with E-state index in [-0.39, 0.29) is 12.0 Å². The van der Waals surface area contributed by atoms with E-state index in [2.05, 4.69) is 10.3 Å². The zero-order valence-corrected chi connectivity index (χ0v) is 15.4. The Labute approximate surface area is 151 Å². The largest absolute Gasteiger partial charge is 0.467 e. The highest BCUT2D eigenvalue weighted by Crippen LogP contribution is 2.20. The van der Waals surface area contributed by atoms with Crippen molar-refractivity contribution < 1.29 is 14.3 Å². The van der Waals surface area contributed by atoms with Gasteiger partial charge in [-0.15, -0.1) is 0 Å². The first kappa shape index (κ1) is 18.9. The minimum Gasteiger partial charge on any atom is -0.467 e. The van der Waals surface area contributed by atoms with Gasteiger partial charge in [0.25, 0.3) is 11.1 Å². The van der Waals surface area contributed by atoms with Crippen molar-refractivity contribution in [3.8, 4) is 5.19 Å². The van der Waals surface area contributed by atoms with E-state index in [0.717, 1.165) is 24.7 Å². The lowest BCUT2D eigenvalue weighted by Gasteiger charge is -2.05. The average molecular weight is 361 g/mol. The lowest BCUT2D eigenvalue weighted by atomic mass is 10.1. The van der Waals surface area contributed by atoms with Crippen LogP contribution in [0.1, 0.15) is 52.3 Å². The van der Waals surface area contributed by atoms with E-state index >= 15 is 0 Å². The van der Waals surface area contributed by atoms with Gasteiger partial charge in [0.05, 0.1) is 17.2 Å². The van der Waals surface area contributed by atoms with Crippen molar-refractivity contribution in [3.63, 3.8) is 0 Å². The van der Waals surface area contributed by atoms with Gasteiger partial charge in [0.15, 0.2) is 6.29 Å².